The highest BCUT2D eigenvalue weighted by Crippen LogP contribution is 2.21. The first-order chi connectivity index (χ1) is 14.1. The van der Waals surface area contributed by atoms with Crippen LogP contribution in [-0.4, -0.2) is 46.9 Å². The number of amides is 2. The van der Waals surface area contributed by atoms with Gasteiger partial charge in [0.25, 0.3) is 5.91 Å². The number of carbonyl (C=O) groups is 2. The van der Waals surface area contributed by atoms with Crippen LogP contribution in [0.25, 0.3) is 0 Å². The van der Waals surface area contributed by atoms with Crippen molar-refractivity contribution in [3.05, 3.63) is 83.9 Å². The van der Waals surface area contributed by atoms with E-state index >= 15 is 0 Å². The third-order valence-corrected chi connectivity index (χ3v) is 4.73. The summed E-state index contributed by atoms with van der Waals surface area (Å²) >= 11 is 0. The Morgan fingerprint density at radius 1 is 1.17 bits per heavy atom. The van der Waals surface area contributed by atoms with E-state index in [0.717, 1.165) is 16.0 Å². The standard InChI is InChI=1S/C23H25NO5/c1-2-9-20(25)21(28-15-18-12-7-4-8-13-18)22(26)24-19(16-29-23(24)27)14-17-10-5-3-6-11-17/h2-13,19-21,25H,14-16H2,1H3/b9-2+/t19-,20+,21-/m1/s1. The minimum absolute atomic E-state index is 0.116. The zero-order valence-electron chi connectivity index (χ0n) is 16.3. The van der Waals surface area contributed by atoms with Gasteiger partial charge in [-0.1, -0.05) is 72.8 Å². The van der Waals surface area contributed by atoms with Crippen molar-refractivity contribution in [1.29, 1.82) is 0 Å². The van der Waals surface area contributed by atoms with Gasteiger partial charge in [0.2, 0.25) is 0 Å². The number of hydrogen-bond donors (Lipinski definition) is 1. The number of aliphatic hydroxyl groups excluding tert-OH is 1. The molecule has 1 aliphatic rings. The molecule has 1 saturated heterocycles. The van der Waals surface area contributed by atoms with Crippen molar-refractivity contribution in [2.24, 2.45) is 0 Å². The van der Waals surface area contributed by atoms with Gasteiger partial charge in [-0.3, -0.25) is 4.79 Å². The van der Waals surface area contributed by atoms with Gasteiger partial charge in [0.05, 0.1) is 12.6 Å². The van der Waals surface area contributed by atoms with E-state index in [-0.39, 0.29) is 13.2 Å². The summed E-state index contributed by atoms with van der Waals surface area (Å²) in [5.41, 5.74) is 1.85. The van der Waals surface area contributed by atoms with Crippen molar-refractivity contribution in [3.63, 3.8) is 0 Å². The smallest absolute Gasteiger partial charge is 0.417 e. The number of hydrogen-bond acceptors (Lipinski definition) is 5. The summed E-state index contributed by atoms with van der Waals surface area (Å²) in [6.45, 7) is 1.99. The number of rotatable bonds is 8. The van der Waals surface area contributed by atoms with E-state index in [9.17, 15) is 14.7 Å². The lowest BCUT2D eigenvalue weighted by Gasteiger charge is -2.27. The van der Waals surface area contributed by atoms with Gasteiger partial charge in [-0.25, -0.2) is 9.69 Å². The molecule has 152 valence electrons. The average molecular weight is 395 g/mol. The average Bonchev–Trinajstić information content (AvgIpc) is 3.09. The molecule has 0 unspecified atom stereocenters. The van der Waals surface area contributed by atoms with Gasteiger partial charge in [0, 0.05) is 0 Å². The van der Waals surface area contributed by atoms with Crippen molar-refractivity contribution >= 4 is 12.0 Å². The van der Waals surface area contributed by atoms with E-state index in [1.54, 1.807) is 13.0 Å². The van der Waals surface area contributed by atoms with E-state index < -0.39 is 30.3 Å². The Bertz CT molecular complexity index is 837. The maximum Gasteiger partial charge on any atom is 0.417 e. The number of ether oxygens (including phenoxy) is 2. The summed E-state index contributed by atoms with van der Waals surface area (Å²) in [4.78, 5) is 26.6. The van der Waals surface area contributed by atoms with Crippen LogP contribution in [0.2, 0.25) is 0 Å². The molecule has 0 aliphatic carbocycles. The lowest BCUT2D eigenvalue weighted by atomic mass is 10.0. The lowest BCUT2D eigenvalue weighted by Crippen LogP contribution is -2.50. The van der Waals surface area contributed by atoms with Crippen LogP contribution < -0.4 is 0 Å². The summed E-state index contributed by atoms with van der Waals surface area (Å²) in [7, 11) is 0. The molecule has 1 heterocycles. The second-order valence-electron chi connectivity index (χ2n) is 6.86. The quantitative estimate of drug-likeness (QED) is 0.695. The molecule has 1 aliphatic heterocycles. The van der Waals surface area contributed by atoms with Crippen molar-refractivity contribution in [3.8, 4) is 0 Å². The van der Waals surface area contributed by atoms with Crippen LogP contribution in [0, 0.1) is 0 Å². The molecule has 0 aromatic heterocycles. The molecular weight excluding hydrogens is 370 g/mol. The Labute approximate surface area is 170 Å². The van der Waals surface area contributed by atoms with Gasteiger partial charge >= 0.3 is 6.09 Å². The fraction of sp³-hybridized carbons (Fsp3) is 0.304. The Morgan fingerprint density at radius 3 is 2.41 bits per heavy atom. The van der Waals surface area contributed by atoms with Crippen molar-refractivity contribution in [2.45, 2.75) is 38.2 Å². The van der Waals surface area contributed by atoms with Crippen LogP contribution in [0.15, 0.2) is 72.8 Å². The molecular formula is C23H25NO5. The molecule has 0 saturated carbocycles. The monoisotopic (exact) mass is 395 g/mol. The molecule has 29 heavy (non-hydrogen) atoms. The number of benzene rings is 2. The minimum Gasteiger partial charge on any atom is -0.447 e. The van der Waals surface area contributed by atoms with Gasteiger partial charge in [0.1, 0.15) is 12.7 Å². The summed E-state index contributed by atoms with van der Waals surface area (Å²) < 4.78 is 10.9. The molecule has 2 aromatic rings. The first kappa shape index (κ1) is 20.8. The van der Waals surface area contributed by atoms with Gasteiger partial charge in [0.15, 0.2) is 6.10 Å². The number of allylic oxidation sites excluding steroid dienone is 1. The predicted molar refractivity (Wildman–Crippen MR) is 108 cm³/mol. The Morgan fingerprint density at radius 2 is 1.79 bits per heavy atom. The van der Waals surface area contributed by atoms with E-state index in [1.807, 2.05) is 60.7 Å². The first-order valence-corrected chi connectivity index (χ1v) is 9.60. The maximum absolute atomic E-state index is 13.2. The topological polar surface area (TPSA) is 76.1 Å². The van der Waals surface area contributed by atoms with E-state index in [1.165, 1.54) is 6.08 Å². The Kier molecular flexibility index (Phi) is 7.16. The molecule has 0 spiro atoms. The molecule has 3 rings (SSSR count). The van der Waals surface area contributed by atoms with Crippen LogP contribution in [-0.2, 0) is 27.3 Å². The second kappa shape index (κ2) is 10.0. The van der Waals surface area contributed by atoms with Crippen molar-refractivity contribution in [1.82, 2.24) is 4.90 Å². The zero-order valence-corrected chi connectivity index (χ0v) is 16.3. The number of carbonyl (C=O) groups excluding carboxylic acids is 2. The maximum atomic E-state index is 13.2. The SMILES string of the molecule is C/C=C/[C@H](O)[C@@H](OCc1ccccc1)C(=O)N1C(=O)OC[C@H]1Cc1ccccc1. The number of nitrogens with zero attached hydrogens (tertiary/aromatic N) is 1. The lowest BCUT2D eigenvalue weighted by molar-refractivity contribution is -0.148. The highest BCUT2D eigenvalue weighted by atomic mass is 16.6. The third kappa shape index (κ3) is 5.31. The molecule has 1 fully saturated rings. The largest absolute Gasteiger partial charge is 0.447 e. The second-order valence-corrected chi connectivity index (χ2v) is 6.86. The van der Waals surface area contributed by atoms with Crippen LogP contribution in [0.3, 0.4) is 0 Å². The predicted octanol–water partition coefficient (Wildman–Crippen LogP) is 3.10. The Balaban J connectivity index is 1.77. The molecule has 0 bridgehead atoms. The number of aliphatic hydroxyl groups is 1. The summed E-state index contributed by atoms with van der Waals surface area (Å²) in [6.07, 6.45) is 0.486. The normalized spacial score (nSPS) is 18.6. The first-order valence-electron chi connectivity index (χ1n) is 9.60. The summed E-state index contributed by atoms with van der Waals surface area (Å²) in [6, 6.07) is 18.5. The van der Waals surface area contributed by atoms with E-state index in [4.69, 9.17) is 9.47 Å². The minimum atomic E-state index is -1.21. The van der Waals surface area contributed by atoms with Gasteiger partial charge in [-0.15, -0.1) is 0 Å². The molecule has 3 atom stereocenters. The van der Waals surface area contributed by atoms with Gasteiger partial charge < -0.3 is 14.6 Å². The molecule has 1 N–H and O–H groups in total. The van der Waals surface area contributed by atoms with Gasteiger partial charge in [-0.05, 0) is 24.5 Å². The highest BCUT2D eigenvalue weighted by Gasteiger charge is 2.43. The van der Waals surface area contributed by atoms with Crippen molar-refractivity contribution < 1.29 is 24.2 Å². The van der Waals surface area contributed by atoms with Crippen molar-refractivity contribution in [2.75, 3.05) is 6.61 Å². The molecule has 6 heteroatoms. The zero-order chi connectivity index (χ0) is 20.6. The fourth-order valence-corrected chi connectivity index (χ4v) is 3.28. The third-order valence-electron chi connectivity index (χ3n) is 4.73. The summed E-state index contributed by atoms with van der Waals surface area (Å²) in [5, 5.41) is 10.5. The summed E-state index contributed by atoms with van der Waals surface area (Å²) in [5.74, 6) is -0.602. The molecule has 2 aromatic carbocycles. The molecule has 2 amide bonds. The van der Waals surface area contributed by atoms with Crippen LogP contribution in [0.1, 0.15) is 18.1 Å². The number of cyclic esters (lactones) is 1. The van der Waals surface area contributed by atoms with Crippen LogP contribution in [0.4, 0.5) is 4.79 Å². The molecule has 6 nitrogen and oxygen atoms in total. The van der Waals surface area contributed by atoms with E-state index in [0.29, 0.717) is 6.42 Å². The van der Waals surface area contributed by atoms with Crippen LogP contribution >= 0.6 is 0 Å². The van der Waals surface area contributed by atoms with Crippen LogP contribution in [0.5, 0.6) is 0 Å². The number of imide groups is 1. The Hall–Kier alpha value is -2.96. The van der Waals surface area contributed by atoms with E-state index in [2.05, 4.69) is 0 Å². The molecule has 0 radical (unpaired) electrons. The highest BCUT2D eigenvalue weighted by molar-refractivity contribution is 5.96. The van der Waals surface area contributed by atoms with Gasteiger partial charge in [-0.2, -0.15) is 0 Å². The fourth-order valence-electron chi connectivity index (χ4n) is 3.28.